The first-order valence-electron chi connectivity index (χ1n) is 7.58. The van der Waals surface area contributed by atoms with Gasteiger partial charge in [0.05, 0.1) is 6.10 Å². The molecule has 0 aromatic heterocycles. The molecule has 0 unspecified atom stereocenters. The van der Waals surface area contributed by atoms with Gasteiger partial charge in [-0.2, -0.15) is 0 Å². The van der Waals surface area contributed by atoms with Gasteiger partial charge in [0.25, 0.3) is 0 Å². The largest absolute Gasteiger partial charge is 0.396 e. The number of rotatable bonds is 4. The van der Waals surface area contributed by atoms with E-state index in [2.05, 4.69) is 5.32 Å². The van der Waals surface area contributed by atoms with Crippen molar-refractivity contribution in [3.63, 3.8) is 0 Å². The molecule has 0 spiro atoms. The Kier molecular flexibility index (Phi) is 4.22. The number of benzene rings is 1. The van der Waals surface area contributed by atoms with Crippen LogP contribution in [0.1, 0.15) is 43.8 Å². The Bertz CT molecular complexity index is 466. The number of hydrogen-bond donors (Lipinski definition) is 2. The van der Waals surface area contributed by atoms with Crippen molar-refractivity contribution < 1.29 is 14.2 Å². The van der Waals surface area contributed by atoms with Gasteiger partial charge in [0, 0.05) is 36.4 Å². The third-order valence-electron chi connectivity index (χ3n) is 4.47. The van der Waals surface area contributed by atoms with Gasteiger partial charge < -0.3 is 15.2 Å². The van der Waals surface area contributed by atoms with E-state index < -0.39 is 0 Å². The second-order valence-corrected chi connectivity index (χ2v) is 5.80. The van der Waals surface area contributed by atoms with E-state index in [-0.39, 0.29) is 18.5 Å². The molecule has 2 aliphatic rings. The molecule has 3 atom stereocenters. The maximum absolute atomic E-state index is 13.5. The van der Waals surface area contributed by atoms with E-state index in [0.29, 0.717) is 12.0 Å². The minimum absolute atomic E-state index is 0.0230. The Hall–Kier alpha value is -1.13. The second kappa shape index (κ2) is 6.10. The van der Waals surface area contributed by atoms with Crippen molar-refractivity contribution in [1.82, 2.24) is 0 Å². The van der Waals surface area contributed by atoms with Crippen molar-refractivity contribution in [2.45, 2.75) is 44.2 Å². The van der Waals surface area contributed by atoms with Gasteiger partial charge in [-0.3, -0.25) is 0 Å². The molecule has 0 bridgehead atoms. The molecule has 1 aromatic rings. The highest BCUT2D eigenvalue weighted by Crippen LogP contribution is 2.44. The Morgan fingerprint density at radius 1 is 1.35 bits per heavy atom. The van der Waals surface area contributed by atoms with Crippen molar-refractivity contribution in [2.24, 2.45) is 5.92 Å². The van der Waals surface area contributed by atoms with Gasteiger partial charge >= 0.3 is 0 Å². The molecule has 0 amide bonds. The summed E-state index contributed by atoms with van der Waals surface area (Å²) in [4.78, 5) is 0. The lowest BCUT2D eigenvalue weighted by Gasteiger charge is -2.43. The van der Waals surface area contributed by atoms with E-state index >= 15 is 0 Å². The van der Waals surface area contributed by atoms with E-state index in [1.54, 1.807) is 6.07 Å². The molecule has 20 heavy (non-hydrogen) atoms. The Labute approximate surface area is 119 Å². The van der Waals surface area contributed by atoms with Crippen LogP contribution in [-0.2, 0) is 4.74 Å². The Balaban J connectivity index is 1.83. The molecular formula is C16H22FNO2. The second-order valence-electron chi connectivity index (χ2n) is 5.80. The van der Waals surface area contributed by atoms with Crippen molar-refractivity contribution >= 4 is 5.69 Å². The summed E-state index contributed by atoms with van der Waals surface area (Å²) in [5.41, 5.74) is 1.97. The van der Waals surface area contributed by atoms with E-state index in [1.807, 2.05) is 6.07 Å². The zero-order valence-corrected chi connectivity index (χ0v) is 11.6. The molecule has 1 aromatic carbocycles. The fraction of sp³-hybridized carbons (Fsp3) is 0.625. The summed E-state index contributed by atoms with van der Waals surface area (Å²) in [7, 11) is 0. The molecule has 1 fully saturated rings. The number of aliphatic hydroxyl groups is 1. The van der Waals surface area contributed by atoms with Crippen LogP contribution in [0, 0.1) is 11.7 Å². The fourth-order valence-corrected chi connectivity index (χ4v) is 3.51. The highest BCUT2D eigenvalue weighted by Gasteiger charge is 2.38. The number of ether oxygens (including phenoxy) is 1. The summed E-state index contributed by atoms with van der Waals surface area (Å²) in [6.45, 7) is 1.01. The van der Waals surface area contributed by atoms with Gasteiger partial charge in [-0.1, -0.05) is 0 Å². The lowest BCUT2D eigenvalue weighted by molar-refractivity contribution is -0.0388. The molecule has 2 aliphatic heterocycles. The first-order valence-corrected chi connectivity index (χ1v) is 7.58. The van der Waals surface area contributed by atoms with Crippen LogP contribution in [0.5, 0.6) is 0 Å². The summed E-state index contributed by atoms with van der Waals surface area (Å²) in [5, 5.41) is 12.5. The molecule has 2 heterocycles. The van der Waals surface area contributed by atoms with Gasteiger partial charge in [-0.25, -0.2) is 4.39 Å². The Morgan fingerprint density at radius 3 is 3.10 bits per heavy atom. The Morgan fingerprint density at radius 2 is 2.25 bits per heavy atom. The monoisotopic (exact) mass is 279 g/mol. The molecule has 1 saturated heterocycles. The summed E-state index contributed by atoms with van der Waals surface area (Å²) >= 11 is 0. The van der Waals surface area contributed by atoms with Crippen molar-refractivity contribution in [3.8, 4) is 0 Å². The lowest BCUT2D eigenvalue weighted by Crippen LogP contribution is -2.41. The van der Waals surface area contributed by atoms with Crippen LogP contribution in [0.4, 0.5) is 10.1 Å². The third kappa shape index (κ3) is 2.67. The van der Waals surface area contributed by atoms with E-state index in [9.17, 15) is 4.39 Å². The maximum atomic E-state index is 13.5. The number of nitrogens with one attached hydrogen (secondary N) is 1. The van der Waals surface area contributed by atoms with Crippen LogP contribution in [0.15, 0.2) is 18.2 Å². The third-order valence-corrected chi connectivity index (χ3v) is 4.47. The number of unbranched alkanes of at least 4 members (excludes halogenated alkanes) is 1. The van der Waals surface area contributed by atoms with Crippen molar-refractivity contribution in [2.75, 3.05) is 18.5 Å². The number of fused-ring (bicyclic) bond motifs is 3. The summed E-state index contributed by atoms with van der Waals surface area (Å²) in [6.07, 6.45) is 5.10. The summed E-state index contributed by atoms with van der Waals surface area (Å²) in [5.74, 6) is 0.217. The highest BCUT2D eigenvalue weighted by atomic mass is 19.1. The molecule has 3 rings (SSSR count). The van der Waals surface area contributed by atoms with Crippen LogP contribution in [0.25, 0.3) is 0 Å². The zero-order chi connectivity index (χ0) is 13.9. The van der Waals surface area contributed by atoms with Crippen LogP contribution in [0.2, 0.25) is 0 Å². The maximum Gasteiger partial charge on any atom is 0.123 e. The van der Waals surface area contributed by atoms with Gasteiger partial charge in [0.1, 0.15) is 5.82 Å². The van der Waals surface area contributed by atoms with Gasteiger partial charge in [-0.05, 0) is 50.3 Å². The fourth-order valence-electron chi connectivity index (χ4n) is 3.51. The SMILES string of the molecule is OCCCC[C@@H]1Nc2ccc(F)cc2[C@@H]2OCCC[C@H]12. The smallest absolute Gasteiger partial charge is 0.123 e. The predicted octanol–water partition coefficient (Wildman–Crippen LogP) is 3.25. The highest BCUT2D eigenvalue weighted by molar-refractivity contribution is 5.56. The minimum atomic E-state index is -0.197. The minimum Gasteiger partial charge on any atom is -0.396 e. The van der Waals surface area contributed by atoms with E-state index in [0.717, 1.165) is 50.0 Å². The topological polar surface area (TPSA) is 41.5 Å². The molecule has 3 nitrogen and oxygen atoms in total. The first kappa shape index (κ1) is 13.8. The molecular weight excluding hydrogens is 257 g/mol. The molecule has 2 N–H and O–H groups in total. The van der Waals surface area contributed by atoms with Crippen LogP contribution >= 0.6 is 0 Å². The quantitative estimate of drug-likeness (QED) is 0.831. The van der Waals surface area contributed by atoms with Crippen LogP contribution in [0.3, 0.4) is 0 Å². The lowest BCUT2D eigenvalue weighted by atomic mass is 9.78. The van der Waals surface area contributed by atoms with Crippen molar-refractivity contribution in [3.05, 3.63) is 29.6 Å². The zero-order valence-electron chi connectivity index (χ0n) is 11.6. The number of halogens is 1. The predicted molar refractivity (Wildman–Crippen MR) is 76.2 cm³/mol. The summed E-state index contributed by atoms with van der Waals surface area (Å²) < 4.78 is 19.4. The van der Waals surface area contributed by atoms with Gasteiger partial charge in [0.15, 0.2) is 0 Å². The number of aliphatic hydroxyl groups excluding tert-OH is 1. The number of hydrogen-bond acceptors (Lipinski definition) is 3. The van der Waals surface area contributed by atoms with E-state index in [1.165, 1.54) is 6.07 Å². The summed E-state index contributed by atoms with van der Waals surface area (Å²) in [6, 6.07) is 5.29. The van der Waals surface area contributed by atoms with Crippen LogP contribution in [-0.4, -0.2) is 24.4 Å². The average molecular weight is 279 g/mol. The average Bonchev–Trinajstić information content (AvgIpc) is 2.48. The van der Waals surface area contributed by atoms with Gasteiger partial charge in [0.2, 0.25) is 0 Å². The molecule has 0 radical (unpaired) electrons. The van der Waals surface area contributed by atoms with Gasteiger partial charge in [-0.15, -0.1) is 0 Å². The number of anilines is 1. The normalized spacial score (nSPS) is 28.4. The molecule has 0 aliphatic carbocycles. The first-order chi connectivity index (χ1) is 9.79. The molecule has 0 saturated carbocycles. The standard InChI is InChI=1S/C16H22FNO2/c17-11-6-7-15-13(10-11)16-12(4-3-9-20-16)14(18-15)5-1-2-8-19/h6-7,10,12,14,16,18-19H,1-5,8-9H2/t12-,14+,16-/m1/s1. The van der Waals surface area contributed by atoms with E-state index in [4.69, 9.17) is 9.84 Å². The van der Waals surface area contributed by atoms with Crippen molar-refractivity contribution in [1.29, 1.82) is 0 Å². The molecule has 4 heteroatoms. The van der Waals surface area contributed by atoms with Crippen LogP contribution < -0.4 is 5.32 Å². The molecule has 110 valence electrons.